The van der Waals surface area contributed by atoms with Crippen LogP contribution in [0.15, 0.2) is 84.9 Å². The summed E-state index contributed by atoms with van der Waals surface area (Å²) in [6, 6.07) is 23.3. The van der Waals surface area contributed by atoms with Crippen LogP contribution in [0.1, 0.15) is 140 Å². The number of Topliss-reactive ketones (excluding diaryl/α,β-unsaturated/α-hetero) is 2. The smallest absolute Gasteiger partial charge is 0.341 e. The van der Waals surface area contributed by atoms with Gasteiger partial charge in [0.2, 0.25) is 11.6 Å². The minimum absolute atomic E-state index is 0.131. The Bertz CT molecular complexity index is 3010. The van der Waals surface area contributed by atoms with Crippen LogP contribution >= 0.6 is 0 Å². The monoisotopic (exact) mass is 1240 g/mol. The number of rotatable bonds is 28. The highest BCUT2D eigenvalue weighted by molar-refractivity contribution is 6.38. The molecule has 0 bridgehead atoms. The first kappa shape index (κ1) is 73.3. The van der Waals surface area contributed by atoms with Gasteiger partial charge in [-0.25, -0.2) is 14.4 Å². The number of methoxy groups -OCH3 is 4. The van der Waals surface area contributed by atoms with E-state index in [-0.39, 0.29) is 12.5 Å². The van der Waals surface area contributed by atoms with Crippen LogP contribution < -0.4 is 33.7 Å². The van der Waals surface area contributed by atoms with E-state index < -0.39 is 83.0 Å². The summed E-state index contributed by atoms with van der Waals surface area (Å²) in [5.41, 5.74) is 1.53. The SMILES string of the molecule is CCC(C)(C)C(=O)C(=O)N1CCCC[C@H]1C(=O)O[C@H](CCc1ccc(OC)c(OC)c1)c1cccc(OCC(=O)N(C)C)c1.CCC(C)(C)C(=O)C(=O)N1CCCC[C@H]1C(=O)O[C@H](CCc1ccc(OC)c(OC)c1)c1cccc(OCC(=O)O)c1.CNC. The number of hydrogen-bond donors (Lipinski definition) is 2. The molecular weight excluding hydrogens is 1140 g/mol. The summed E-state index contributed by atoms with van der Waals surface area (Å²) in [7, 11) is 13.3. The molecule has 2 aliphatic heterocycles. The normalized spacial score (nSPS) is 15.4. The number of benzene rings is 4. The highest BCUT2D eigenvalue weighted by Gasteiger charge is 2.43. The number of esters is 2. The molecule has 21 nitrogen and oxygen atoms in total. The fourth-order valence-corrected chi connectivity index (χ4v) is 9.72. The molecule has 0 aromatic heterocycles. The molecule has 3 amide bonds. The molecule has 0 unspecified atom stereocenters. The Morgan fingerprint density at radius 2 is 0.944 bits per heavy atom. The number of carbonyl (C=O) groups excluding carboxylic acids is 7. The van der Waals surface area contributed by atoms with Crippen molar-refractivity contribution in [2.24, 2.45) is 10.8 Å². The first-order valence-corrected chi connectivity index (χ1v) is 30.3. The average Bonchev–Trinajstić information content (AvgIpc) is 2.56. The molecule has 0 radical (unpaired) electrons. The predicted molar refractivity (Wildman–Crippen MR) is 335 cm³/mol. The molecule has 2 saturated heterocycles. The van der Waals surface area contributed by atoms with Gasteiger partial charge in [0.15, 0.2) is 36.2 Å². The lowest BCUT2D eigenvalue weighted by atomic mass is 9.84. The van der Waals surface area contributed by atoms with Crippen LogP contribution in [0.5, 0.6) is 34.5 Å². The molecule has 0 spiro atoms. The van der Waals surface area contributed by atoms with E-state index in [4.69, 9.17) is 43.0 Å². The number of nitrogens with one attached hydrogen (secondary N) is 1. The zero-order valence-corrected chi connectivity index (χ0v) is 54.5. The molecule has 4 aromatic rings. The van der Waals surface area contributed by atoms with E-state index in [9.17, 15) is 38.4 Å². The van der Waals surface area contributed by atoms with Crippen molar-refractivity contribution in [3.63, 3.8) is 0 Å². The molecule has 21 heteroatoms. The quantitative estimate of drug-likeness (QED) is 0.0397. The fraction of sp³-hybridized carbons (Fsp3) is 0.529. The van der Waals surface area contributed by atoms with E-state index in [1.807, 2.05) is 64.3 Å². The topological polar surface area (TPSA) is 252 Å². The number of amides is 3. The summed E-state index contributed by atoms with van der Waals surface area (Å²) in [6.45, 7) is 10.7. The van der Waals surface area contributed by atoms with Crippen molar-refractivity contribution in [1.82, 2.24) is 20.0 Å². The minimum atomic E-state index is -1.11. The number of piperidine rings is 2. The molecule has 4 atom stereocenters. The Hall–Kier alpha value is -8.20. The average molecular weight is 1240 g/mol. The maximum atomic E-state index is 13.8. The number of ether oxygens (including phenoxy) is 8. The van der Waals surface area contributed by atoms with Crippen molar-refractivity contribution < 1.29 is 81.4 Å². The third kappa shape index (κ3) is 21.5. The number of carbonyl (C=O) groups is 8. The van der Waals surface area contributed by atoms with Gasteiger partial charge in [-0.15, -0.1) is 0 Å². The van der Waals surface area contributed by atoms with E-state index >= 15 is 0 Å². The summed E-state index contributed by atoms with van der Waals surface area (Å²) in [5.74, 6) is -1.58. The van der Waals surface area contributed by atoms with Crippen molar-refractivity contribution in [3.8, 4) is 34.5 Å². The van der Waals surface area contributed by atoms with E-state index in [1.54, 1.807) is 119 Å². The molecule has 0 aliphatic carbocycles. The number of hydrogen-bond acceptors (Lipinski definition) is 17. The molecule has 2 N–H and O–H groups in total. The van der Waals surface area contributed by atoms with Gasteiger partial charge in [-0.05, 0) is 162 Å². The third-order valence-corrected chi connectivity index (χ3v) is 15.9. The van der Waals surface area contributed by atoms with Crippen molar-refractivity contribution >= 4 is 47.2 Å². The lowest BCUT2D eigenvalue weighted by molar-refractivity contribution is -0.165. The number of nitrogens with zero attached hydrogens (tertiary/aromatic N) is 3. The standard InChI is InChI=1S/C34H46N2O8.C32H41NO9.C2H7N/c1-8-34(2,3)31(38)32(39)36-19-10-9-14-26(36)33(40)44-27(17-15-23-16-18-28(41-6)29(20-23)42-7)24-12-11-13-25(21-24)43-22-30(37)35(4)5;1-6-32(2,3)29(36)30(37)33-17-8-7-12-24(33)31(38)42-25(22-10-9-11-23(19-22)41-20-28(34)35)15-13-21-14-16-26(39-4)27(18-21)40-5;1-3-2/h11-13,16,18,20-21,26-27H,8-10,14-15,17,19,22H2,1-7H3;9-11,14,16,18-19,24-25H,6-8,12-13,15,17,20H2,1-5H3,(H,34,35);3H,1-2H3/t26-,27+;24-,25+;/m00./s1. The zero-order chi connectivity index (χ0) is 66.0. The molecule has 2 heterocycles. The molecular formula is C68H94N4O17. The Labute approximate surface area is 524 Å². The fourth-order valence-electron chi connectivity index (χ4n) is 9.72. The van der Waals surface area contributed by atoms with Crippen LogP contribution in [-0.4, -0.2) is 162 Å². The number of aliphatic carboxylic acids is 1. The number of carboxylic acid groups (broad SMARTS) is 1. The van der Waals surface area contributed by atoms with Gasteiger partial charge in [-0.3, -0.25) is 24.0 Å². The van der Waals surface area contributed by atoms with Gasteiger partial charge in [-0.2, -0.15) is 0 Å². The van der Waals surface area contributed by atoms with Crippen LogP contribution in [0.3, 0.4) is 0 Å². The van der Waals surface area contributed by atoms with Crippen molar-refractivity contribution in [2.45, 2.75) is 143 Å². The van der Waals surface area contributed by atoms with E-state index in [0.29, 0.717) is 123 Å². The summed E-state index contributed by atoms with van der Waals surface area (Å²) in [5, 5.41) is 11.8. The molecule has 2 fully saturated rings. The maximum absolute atomic E-state index is 13.8. The zero-order valence-electron chi connectivity index (χ0n) is 54.5. The van der Waals surface area contributed by atoms with Crippen LogP contribution in [-0.2, 0) is 60.7 Å². The molecule has 0 saturated carbocycles. The Morgan fingerprint density at radius 1 is 0.562 bits per heavy atom. The number of carboxylic acids is 1. The van der Waals surface area contributed by atoms with Crippen LogP contribution in [0.25, 0.3) is 0 Å². The second kappa shape index (κ2) is 35.7. The van der Waals surface area contributed by atoms with Gasteiger partial charge in [0, 0.05) is 38.0 Å². The Morgan fingerprint density at radius 3 is 1.29 bits per heavy atom. The lowest BCUT2D eigenvalue weighted by Crippen LogP contribution is -2.53. The van der Waals surface area contributed by atoms with Gasteiger partial charge in [0.25, 0.3) is 17.7 Å². The first-order valence-electron chi connectivity index (χ1n) is 30.3. The van der Waals surface area contributed by atoms with Crippen molar-refractivity contribution in [3.05, 3.63) is 107 Å². The summed E-state index contributed by atoms with van der Waals surface area (Å²) in [4.78, 5) is 107. The molecule has 2 aliphatic rings. The van der Waals surface area contributed by atoms with Gasteiger partial charge in [0.1, 0.15) is 35.8 Å². The van der Waals surface area contributed by atoms with E-state index in [1.165, 1.54) is 14.7 Å². The van der Waals surface area contributed by atoms with E-state index in [0.717, 1.165) is 24.0 Å². The maximum Gasteiger partial charge on any atom is 0.341 e. The third-order valence-electron chi connectivity index (χ3n) is 15.9. The molecule has 6 rings (SSSR count). The second-order valence-corrected chi connectivity index (χ2v) is 23.4. The predicted octanol–water partition coefficient (Wildman–Crippen LogP) is 9.38. The molecule has 488 valence electrons. The molecule has 89 heavy (non-hydrogen) atoms. The van der Waals surface area contributed by atoms with Gasteiger partial charge in [-0.1, -0.05) is 77.9 Å². The Kier molecular flexibility index (Phi) is 29.4. The lowest BCUT2D eigenvalue weighted by Gasteiger charge is -2.36. The summed E-state index contributed by atoms with van der Waals surface area (Å²) < 4.78 is 44.9. The van der Waals surface area contributed by atoms with Gasteiger partial charge < -0.3 is 63.0 Å². The highest BCUT2D eigenvalue weighted by Crippen LogP contribution is 2.36. The van der Waals surface area contributed by atoms with E-state index in [2.05, 4.69) is 5.32 Å². The summed E-state index contributed by atoms with van der Waals surface area (Å²) in [6.07, 6.45) is 5.13. The minimum Gasteiger partial charge on any atom is -0.493 e. The largest absolute Gasteiger partial charge is 0.493 e. The molecule has 4 aromatic carbocycles. The Balaban J connectivity index is 0.000000365. The highest BCUT2D eigenvalue weighted by atomic mass is 16.6. The van der Waals surface area contributed by atoms with Gasteiger partial charge in [0.05, 0.1) is 28.4 Å². The van der Waals surface area contributed by atoms with Crippen molar-refractivity contribution in [2.75, 3.05) is 82.9 Å². The first-order chi connectivity index (χ1) is 42.3. The number of aryl methyl sites for hydroxylation is 2. The summed E-state index contributed by atoms with van der Waals surface area (Å²) >= 11 is 0. The van der Waals surface area contributed by atoms with Crippen LogP contribution in [0.4, 0.5) is 0 Å². The van der Waals surface area contributed by atoms with Gasteiger partial charge >= 0.3 is 17.9 Å². The number of ketones is 2. The number of likely N-dealkylation sites (N-methyl/N-ethyl adjacent to an activating group) is 1. The number of likely N-dealkylation sites (tertiary alicyclic amines) is 2. The van der Waals surface area contributed by atoms with Crippen LogP contribution in [0, 0.1) is 10.8 Å². The second-order valence-electron chi connectivity index (χ2n) is 23.4. The van der Waals surface area contributed by atoms with Crippen molar-refractivity contribution in [1.29, 1.82) is 0 Å². The van der Waals surface area contributed by atoms with Crippen LogP contribution in [0.2, 0.25) is 0 Å².